The van der Waals surface area contributed by atoms with Gasteiger partial charge in [-0.1, -0.05) is 0 Å². The molecule has 1 amide bonds. The second kappa shape index (κ2) is 7.95. The van der Waals surface area contributed by atoms with Crippen LogP contribution in [0.2, 0.25) is 0 Å². The van der Waals surface area contributed by atoms with Gasteiger partial charge in [0.15, 0.2) is 6.61 Å². The lowest BCUT2D eigenvalue weighted by Crippen LogP contribution is -2.20. The normalized spacial score (nSPS) is 10.3. The Morgan fingerprint density at radius 1 is 1.26 bits per heavy atom. The highest BCUT2D eigenvalue weighted by molar-refractivity contribution is 5.93. The van der Waals surface area contributed by atoms with Gasteiger partial charge in [0, 0.05) is 11.6 Å². The number of nitrogens with zero attached hydrogens (tertiary/aromatic N) is 3. The van der Waals surface area contributed by atoms with E-state index in [1.807, 2.05) is 0 Å². The van der Waals surface area contributed by atoms with Crippen LogP contribution in [-0.4, -0.2) is 34.7 Å². The van der Waals surface area contributed by atoms with E-state index >= 15 is 0 Å². The van der Waals surface area contributed by atoms with Crippen LogP contribution in [0.4, 0.5) is 11.4 Å². The monoisotopic (exact) mass is 370 g/mol. The van der Waals surface area contributed by atoms with Gasteiger partial charge < -0.3 is 19.2 Å². The van der Waals surface area contributed by atoms with Crippen molar-refractivity contribution < 1.29 is 23.6 Å². The van der Waals surface area contributed by atoms with E-state index in [2.05, 4.69) is 15.5 Å². The van der Waals surface area contributed by atoms with Gasteiger partial charge in [-0.15, -0.1) is 10.2 Å². The number of methoxy groups -OCH3 is 1. The number of nitro benzene ring substituents is 1. The van der Waals surface area contributed by atoms with E-state index in [4.69, 9.17) is 13.9 Å². The molecule has 138 valence electrons. The van der Waals surface area contributed by atoms with E-state index in [9.17, 15) is 14.9 Å². The lowest BCUT2D eigenvalue weighted by Gasteiger charge is -2.11. The van der Waals surface area contributed by atoms with Crippen LogP contribution in [0.25, 0.3) is 11.5 Å². The van der Waals surface area contributed by atoms with Crippen LogP contribution in [0.1, 0.15) is 0 Å². The molecule has 0 aliphatic carbocycles. The van der Waals surface area contributed by atoms with Crippen LogP contribution in [0.3, 0.4) is 0 Å². The molecule has 0 saturated heterocycles. The summed E-state index contributed by atoms with van der Waals surface area (Å²) in [5, 5.41) is 20.8. The van der Waals surface area contributed by atoms with E-state index in [0.29, 0.717) is 17.3 Å². The molecule has 0 atom stereocenters. The predicted molar refractivity (Wildman–Crippen MR) is 93.5 cm³/mol. The highest BCUT2D eigenvalue weighted by Gasteiger charge is 2.14. The highest BCUT2D eigenvalue weighted by atomic mass is 16.6. The molecular formula is C17H14N4O6. The topological polar surface area (TPSA) is 130 Å². The first-order valence-corrected chi connectivity index (χ1v) is 7.68. The number of anilines is 1. The van der Waals surface area contributed by atoms with Gasteiger partial charge in [-0.2, -0.15) is 0 Å². The van der Waals surface area contributed by atoms with Crippen LogP contribution in [-0.2, 0) is 4.79 Å². The third-order valence-electron chi connectivity index (χ3n) is 3.50. The summed E-state index contributed by atoms with van der Waals surface area (Å²) >= 11 is 0. The summed E-state index contributed by atoms with van der Waals surface area (Å²) in [5.74, 6) is 0.596. The van der Waals surface area contributed by atoms with Crippen molar-refractivity contribution in [2.45, 2.75) is 0 Å². The Morgan fingerprint density at radius 2 is 2.04 bits per heavy atom. The Bertz CT molecular complexity index is 941. The molecule has 2 aromatic carbocycles. The zero-order chi connectivity index (χ0) is 19.2. The van der Waals surface area contributed by atoms with E-state index in [1.54, 1.807) is 24.3 Å². The summed E-state index contributed by atoms with van der Waals surface area (Å²) in [5.41, 5.74) is 0.894. The number of aromatic nitrogens is 2. The van der Waals surface area contributed by atoms with Gasteiger partial charge in [-0.25, -0.2) is 0 Å². The number of hydrogen-bond donors (Lipinski definition) is 1. The summed E-state index contributed by atoms with van der Waals surface area (Å²) in [4.78, 5) is 22.3. The number of carbonyl (C=O) groups excluding carboxylic acids is 1. The Hall–Kier alpha value is -3.95. The van der Waals surface area contributed by atoms with Gasteiger partial charge >= 0.3 is 0 Å². The minimum absolute atomic E-state index is 0.137. The molecule has 1 aromatic heterocycles. The lowest BCUT2D eigenvalue weighted by atomic mass is 10.2. The van der Waals surface area contributed by atoms with Crippen molar-refractivity contribution in [1.82, 2.24) is 10.2 Å². The molecule has 0 bridgehead atoms. The fourth-order valence-corrected chi connectivity index (χ4v) is 2.22. The number of ether oxygens (including phenoxy) is 2. The van der Waals surface area contributed by atoms with Crippen LogP contribution >= 0.6 is 0 Å². The Balaban J connectivity index is 1.59. The molecule has 0 aliphatic heterocycles. The molecule has 0 saturated carbocycles. The summed E-state index contributed by atoms with van der Waals surface area (Å²) < 4.78 is 15.6. The zero-order valence-electron chi connectivity index (χ0n) is 14.1. The molecule has 1 N–H and O–H groups in total. The van der Waals surface area contributed by atoms with E-state index < -0.39 is 10.8 Å². The second-order valence-electron chi connectivity index (χ2n) is 5.25. The van der Waals surface area contributed by atoms with Crippen molar-refractivity contribution >= 4 is 17.3 Å². The van der Waals surface area contributed by atoms with Crippen molar-refractivity contribution in [3.8, 4) is 23.0 Å². The minimum Gasteiger partial charge on any atom is -0.494 e. The molecule has 27 heavy (non-hydrogen) atoms. The number of nitro groups is 1. The summed E-state index contributed by atoms with van der Waals surface area (Å²) in [6.07, 6.45) is 1.23. The van der Waals surface area contributed by atoms with Gasteiger partial charge in [-0.3, -0.25) is 14.9 Å². The van der Waals surface area contributed by atoms with Gasteiger partial charge in [0.1, 0.15) is 11.5 Å². The Morgan fingerprint density at radius 3 is 2.67 bits per heavy atom. The van der Waals surface area contributed by atoms with Gasteiger partial charge in [0.05, 0.1) is 23.8 Å². The molecular weight excluding hydrogens is 356 g/mol. The SMILES string of the molecule is COc1cc([N+](=O)[O-])ccc1NC(=O)COc1ccc(-c2nnco2)cc1. The first kappa shape index (κ1) is 17.9. The number of amides is 1. The molecule has 3 rings (SSSR count). The predicted octanol–water partition coefficient (Wildman–Crippen LogP) is 2.67. The summed E-state index contributed by atoms with van der Waals surface area (Å²) in [6.45, 7) is -0.250. The molecule has 3 aromatic rings. The molecule has 0 spiro atoms. The van der Waals surface area contributed by atoms with Crippen molar-refractivity contribution in [2.75, 3.05) is 19.0 Å². The molecule has 1 heterocycles. The minimum atomic E-state index is -0.546. The van der Waals surface area contributed by atoms with Crippen LogP contribution in [0.15, 0.2) is 53.3 Å². The molecule has 10 nitrogen and oxygen atoms in total. The molecule has 0 fully saturated rings. The van der Waals surface area contributed by atoms with Crippen molar-refractivity contribution in [3.05, 3.63) is 59.0 Å². The number of hydrogen-bond acceptors (Lipinski definition) is 8. The third-order valence-corrected chi connectivity index (χ3v) is 3.50. The molecule has 0 aliphatic rings. The summed E-state index contributed by atoms with van der Waals surface area (Å²) in [6, 6.07) is 10.7. The van der Waals surface area contributed by atoms with Crippen LogP contribution in [0.5, 0.6) is 11.5 Å². The largest absolute Gasteiger partial charge is 0.494 e. The first-order valence-electron chi connectivity index (χ1n) is 7.68. The fourth-order valence-electron chi connectivity index (χ4n) is 2.22. The van der Waals surface area contributed by atoms with Crippen molar-refractivity contribution in [3.63, 3.8) is 0 Å². The molecule has 10 heteroatoms. The van der Waals surface area contributed by atoms with E-state index in [-0.39, 0.29) is 18.0 Å². The Kier molecular flexibility index (Phi) is 5.26. The van der Waals surface area contributed by atoms with Gasteiger partial charge in [-0.05, 0) is 30.3 Å². The smallest absolute Gasteiger partial charge is 0.273 e. The third kappa shape index (κ3) is 4.37. The fraction of sp³-hybridized carbons (Fsp3) is 0.118. The average Bonchev–Trinajstić information content (AvgIpc) is 3.21. The van der Waals surface area contributed by atoms with Crippen molar-refractivity contribution in [2.24, 2.45) is 0 Å². The number of nitrogens with one attached hydrogen (secondary N) is 1. The van der Waals surface area contributed by atoms with E-state index in [0.717, 1.165) is 5.56 Å². The van der Waals surface area contributed by atoms with Crippen molar-refractivity contribution in [1.29, 1.82) is 0 Å². The lowest BCUT2D eigenvalue weighted by molar-refractivity contribution is -0.384. The molecule has 0 unspecified atom stereocenters. The molecule has 0 radical (unpaired) electrons. The van der Waals surface area contributed by atoms with Gasteiger partial charge in [0.25, 0.3) is 11.6 Å². The average molecular weight is 370 g/mol. The van der Waals surface area contributed by atoms with Crippen LogP contribution in [0, 0.1) is 10.1 Å². The maximum Gasteiger partial charge on any atom is 0.273 e. The zero-order valence-corrected chi connectivity index (χ0v) is 14.1. The second-order valence-corrected chi connectivity index (χ2v) is 5.25. The number of non-ortho nitro benzene ring substituents is 1. The first-order chi connectivity index (χ1) is 13.1. The number of carbonyl (C=O) groups is 1. The van der Waals surface area contributed by atoms with E-state index in [1.165, 1.54) is 31.7 Å². The number of rotatable bonds is 7. The summed E-state index contributed by atoms with van der Waals surface area (Å²) in [7, 11) is 1.36. The van der Waals surface area contributed by atoms with Crippen LogP contribution < -0.4 is 14.8 Å². The maximum atomic E-state index is 12.1. The Labute approximate surface area is 152 Å². The maximum absolute atomic E-state index is 12.1. The quantitative estimate of drug-likeness (QED) is 0.496. The van der Waals surface area contributed by atoms with Gasteiger partial charge in [0.2, 0.25) is 12.3 Å². The number of benzene rings is 2. The standard InChI is InChI=1S/C17H14N4O6/c1-25-15-8-12(21(23)24)4-7-14(15)19-16(22)9-26-13-5-2-11(3-6-13)17-20-18-10-27-17/h2-8,10H,9H2,1H3,(H,19,22). The highest BCUT2D eigenvalue weighted by Crippen LogP contribution is 2.29.